The highest BCUT2D eigenvalue weighted by Gasteiger charge is 2.65. The summed E-state index contributed by atoms with van der Waals surface area (Å²) in [6.45, 7) is 1.95. The molecule has 1 N–H and O–H groups in total. The van der Waals surface area contributed by atoms with Crippen LogP contribution in [0.15, 0.2) is 0 Å². The molecule has 0 spiro atoms. The van der Waals surface area contributed by atoms with E-state index >= 15 is 0 Å². The summed E-state index contributed by atoms with van der Waals surface area (Å²) >= 11 is 0. The Morgan fingerprint density at radius 3 is 2.29 bits per heavy atom. The summed E-state index contributed by atoms with van der Waals surface area (Å²) in [5, 5.41) is 3.31. The standard InChI is InChI=1S/C14H22N2O/c17-14(16-6-2-1-3-7-16)15-13-11-9-4-5-10(8-9)12(11)13/h9-13H,1-8H2,(H,15,17). The molecule has 4 rings (SSSR count). The Morgan fingerprint density at radius 2 is 1.65 bits per heavy atom. The zero-order valence-corrected chi connectivity index (χ0v) is 10.4. The molecule has 0 aromatic rings. The van der Waals surface area contributed by atoms with Gasteiger partial charge in [0.15, 0.2) is 0 Å². The average Bonchev–Trinajstić information content (AvgIpc) is 2.76. The molecule has 0 radical (unpaired) electrons. The lowest BCUT2D eigenvalue weighted by Gasteiger charge is -2.27. The van der Waals surface area contributed by atoms with Crippen molar-refractivity contribution in [3.8, 4) is 0 Å². The van der Waals surface area contributed by atoms with Crippen molar-refractivity contribution in [1.29, 1.82) is 0 Å². The van der Waals surface area contributed by atoms with E-state index in [1.165, 1.54) is 38.5 Å². The number of fused-ring (bicyclic) bond motifs is 5. The van der Waals surface area contributed by atoms with Crippen LogP contribution in [0.4, 0.5) is 4.79 Å². The van der Waals surface area contributed by atoms with E-state index in [1.807, 2.05) is 4.90 Å². The molecule has 2 amide bonds. The van der Waals surface area contributed by atoms with E-state index in [-0.39, 0.29) is 6.03 Å². The number of urea groups is 1. The molecule has 2 bridgehead atoms. The summed E-state index contributed by atoms with van der Waals surface area (Å²) in [5.74, 6) is 3.64. The Morgan fingerprint density at radius 1 is 1.00 bits per heavy atom. The molecule has 94 valence electrons. The fourth-order valence-corrected chi connectivity index (χ4v) is 4.85. The maximum Gasteiger partial charge on any atom is 0.317 e. The zero-order chi connectivity index (χ0) is 11.4. The van der Waals surface area contributed by atoms with Crippen LogP contribution in [0.2, 0.25) is 0 Å². The molecule has 1 aliphatic heterocycles. The first-order valence-electron chi connectivity index (χ1n) is 7.40. The highest BCUT2D eigenvalue weighted by molar-refractivity contribution is 5.75. The summed E-state index contributed by atoms with van der Waals surface area (Å²) in [6, 6.07) is 0.777. The van der Waals surface area contributed by atoms with E-state index in [0.717, 1.165) is 36.8 Å². The number of carbonyl (C=O) groups excluding carboxylic acids is 1. The fourth-order valence-electron chi connectivity index (χ4n) is 4.85. The van der Waals surface area contributed by atoms with E-state index in [2.05, 4.69) is 5.32 Å². The fraction of sp³-hybridized carbons (Fsp3) is 0.929. The monoisotopic (exact) mass is 234 g/mol. The number of hydrogen-bond donors (Lipinski definition) is 1. The van der Waals surface area contributed by atoms with Gasteiger partial charge in [-0.1, -0.05) is 0 Å². The van der Waals surface area contributed by atoms with Crippen molar-refractivity contribution < 1.29 is 4.79 Å². The van der Waals surface area contributed by atoms with Gasteiger partial charge in [-0.3, -0.25) is 0 Å². The van der Waals surface area contributed by atoms with Gasteiger partial charge >= 0.3 is 6.03 Å². The second-order valence-electron chi connectivity index (χ2n) is 6.51. The molecular weight excluding hydrogens is 212 g/mol. The molecule has 4 unspecified atom stereocenters. The second-order valence-corrected chi connectivity index (χ2v) is 6.51. The van der Waals surface area contributed by atoms with Crippen LogP contribution in [0.3, 0.4) is 0 Å². The van der Waals surface area contributed by atoms with Crippen molar-refractivity contribution in [1.82, 2.24) is 10.2 Å². The minimum Gasteiger partial charge on any atom is -0.335 e. The first kappa shape index (κ1) is 10.2. The Bertz CT molecular complexity index is 321. The van der Waals surface area contributed by atoms with Gasteiger partial charge in [0.25, 0.3) is 0 Å². The largest absolute Gasteiger partial charge is 0.335 e. The number of nitrogens with one attached hydrogen (secondary N) is 1. The Hall–Kier alpha value is -0.730. The van der Waals surface area contributed by atoms with Gasteiger partial charge < -0.3 is 10.2 Å². The maximum atomic E-state index is 12.1. The first-order valence-corrected chi connectivity index (χ1v) is 7.40. The lowest BCUT2D eigenvalue weighted by Crippen LogP contribution is -2.44. The molecule has 17 heavy (non-hydrogen) atoms. The van der Waals surface area contributed by atoms with E-state index in [9.17, 15) is 4.79 Å². The summed E-state index contributed by atoms with van der Waals surface area (Å²) < 4.78 is 0. The Kier molecular flexibility index (Phi) is 2.18. The Balaban J connectivity index is 1.35. The molecule has 3 nitrogen and oxygen atoms in total. The molecule has 3 aliphatic carbocycles. The van der Waals surface area contributed by atoms with Crippen molar-refractivity contribution in [3.63, 3.8) is 0 Å². The molecule has 4 atom stereocenters. The highest BCUT2D eigenvalue weighted by atomic mass is 16.2. The first-order chi connectivity index (χ1) is 8.34. The second kappa shape index (κ2) is 3.63. The van der Waals surface area contributed by atoms with Gasteiger partial charge in [0.1, 0.15) is 0 Å². The van der Waals surface area contributed by atoms with Gasteiger partial charge in [-0.2, -0.15) is 0 Å². The molecule has 4 aliphatic rings. The van der Waals surface area contributed by atoms with Gasteiger partial charge in [0.2, 0.25) is 0 Å². The maximum absolute atomic E-state index is 12.1. The topological polar surface area (TPSA) is 32.3 Å². The lowest BCUT2D eigenvalue weighted by atomic mass is 10.0. The lowest BCUT2D eigenvalue weighted by molar-refractivity contribution is 0.184. The number of piperidine rings is 1. The van der Waals surface area contributed by atoms with Crippen molar-refractivity contribution in [2.45, 2.75) is 44.6 Å². The molecule has 4 fully saturated rings. The molecular formula is C14H22N2O. The Labute approximate surface area is 103 Å². The molecule has 0 aromatic heterocycles. The summed E-state index contributed by atoms with van der Waals surface area (Å²) in [4.78, 5) is 14.2. The third-order valence-corrected chi connectivity index (χ3v) is 5.67. The predicted molar refractivity (Wildman–Crippen MR) is 65.6 cm³/mol. The predicted octanol–water partition coefficient (Wildman–Crippen LogP) is 2.23. The number of hydrogen-bond acceptors (Lipinski definition) is 1. The van der Waals surface area contributed by atoms with Gasteiger partial charge in [0.05, 0.1) is 0 Å². The highest BCUT2D eigenvalue weighted by Crippen LogP contribution is 2.65. The quantitative estimate of drug-likeness (QED) is 0.741. The van der Waals surface area contributed by atoms with Crippen molar-refractivity contribution in [2.24, 2.45) is 23.7 Å². The van der Waals surface area contributed by atoms with Crippen LogP contribution in [0.1, 0.15) is 38.5 Å². The summed E-state index contributed by atoms with van der Waals surface area (Å²) in [6.07, 6.45) is 8.00. The number of rotatable bonds is 1. The van der Waals surface area contributed by atoms with E-state index in [1.54, 1.807) is 0 Å². The van der Waals surface area contributed by atoms with Crippen molar-refractivity contribution in [2.75, 3.05) is 13.1 Å². The van der Waals surface area contributed by atoms with Gasteiger partial charge in [-0.25, -0.2) is 4.79 Å². The molecule has 3 heteroatoms. The summed E-state index contributed by atoms with van der Waals surface area (Å²) in [5.41, 5.74) is 0. The smallest absolute Gasteiger partial charge is 0.317 e. The van der Waals surface area contributed by atoms with Gasteiger partial charge in [-0.05, 0) is 62.2 Å². The van der Waals surface area contributed by atoms with Gasteiger partial charge in [-0.15, -0.1) is 0 Å². The molecule has 0 aromatic carbocycles. The van der Waals surface area contributed by atoms with E-state index in [4.69, 9.17) is 0 Å². The number of carbonyl (C=O) groups is 1. The van der Waals surface area contributed by atoms with Crippen LogP contribution in [0.5, 0.6) is 0 Å². The third kappa shape index (κ3) is 1.50. The van der Waals surface area contributed by atoms with Crippen LogP contribution in [-0.4, -0.2) is 30.1 Å². The van der Waals surface area contributed by atoms with Crippen LogP contribution < -0.4 is 5.32 Å². The van der Waals surface area contributed by atoms with E-state index < -0.39 is 0 Å². The van der Waals surface area contributed by atoms with Crippen LogP contribution >= 0.6 is 0 Å². The summed E-state index contributed by atoms with van der Waals surface area (Å²) in [7, 11) is 0. The SMILES string of the molecule is O=C(NC1C2C3CCC(C3)C12)N1CCCCC1. The molecule has 1 heterocycles. The van der Waals surface area contributed by atoms with Crippen molar-refractivity contribution in [3.05, 3.63) is 0 Å². The zero-order valence-electron chi connectivity index (χ0n) is 10.4. The molecule has 3 saturated carbocycles. The van der Waals surface area contributed by atoms with Crippen LogP contribution in [0.25, 0.3) is 0 Å². The van der Waals surface area contributed by atoms with Gasteiger partial charge in [0, 0.05) is 19.1 Å². The van der Waals surface area contributed by atoms with E-state index in [0.29, 0.717) is 6.04 Å². The van der Waals surface area contributed by atoms with Crippen molar-refractivity contribution >= 4 is 6.03 Å². The normalized spacial score (nSPS) is 46.8. The van der Waals surface area contributed by atoms with Crippen LogP contribution in [-0.2, 0) is 0 Å². The number of likely N-dealkylation sites (tertiary alicyclic amines) is 1. The minimum atomic E-state index is 0.225. The number of nitrogens with zero attached hydrogens (tertiary/aromatic N) is 1. The number of amides is 2. The third-order valence-electron chi connectivity index (χ3n) is 5.67. The average molecular weight is 234 g/mol. The van der Waals surface area contributed by atoms with Crippen LogP contribution in [0, 0.1) is 23.7 Å². The molecule has 1 saturated heterocycles. The minimum absolute atomic E-state index is 0.225.